The van der Waals surface area contributed by atoms with Crippen LogP contribution in [0.4, 0.5) is 0 Å². The molecule has 1 aliphatic rings. The SMILES string of the molecule is O=C(NC(CCOCCCCc1ccc2c(n1)CCCC2)C(=O)O)c1c(Cl)cncc1Cl. The molecule has 0 aromatic carbocycles. The van der Waals surface area contributed by atoms with Gasteiger partial charge in [0.1, 0.15) is 6.04 Å². The lowest BCUT2D eigenvalue weighted by Crippen LogP contribution is -2.41. The van der Waals surface area contributed by atoms with Gasteiger partial charge < -0.3 is 15.2 Å². The number of pyridine rings is 2. The summed E-state index contributed by atoms with van der Waals surface area (Å²) in [6.07, 6.45) is 10.1. The molecular formula is C23H27Cl2N3O4. The van der Waals surface area contributed by atoms with E-state index in [4.69, 9.17) is 32.9 Å². The molecule has 7 nitrogen and oxygen atoms in total. The lowest BCUT2D eigenvalue weighted by molar-refractivity contribution is -0.139. The van der Waals surface area contributed by atoms with Gasteiger partial charge in [-0.25, -0.2) is 4.79 Å². The van der Waals surface area contributed by atoms with Crippen molar-refractivity contribution in [3.63, 3.8) is 0 Å². The molecule has 0 spiro atoms. The van der Waals surface area contributed by atoms with E-state index < -0.39 is 17.9 Å². The highest BCUT2D eigenvalue weighted by Crippen LogP contribution is 2.23. The fourth-order valence-electron chi connectivity index (χ4n) is 3.70. The monoisotopic (exact) mass is 479 g/mol. The number of amides is 1. The van der Waals surface area contributed by atoms with Crippen LogP contribution in [0.3, 0.4) is 0 Å². The average Bonchev–Trinajstić information content (AvgIpc) is 2.77. The lowest BCUT2D eigenvalue weighted by Gasteiger charge is -2.16. The van der Waals surface area contributed by atoms with Crippen molar-refractivity contribution in [2.45, 2.75) is 57.4 Å². The summed E-state index contributed by atoms with van der Waals surface area (Å²) in [5, 5.41) is 12.0. The molecule has 0 radical (unpaired) electrons. The number of nitrogens with zero attached hydrogens (tertiary/aromatic N) is 2. The minimum atomic E-state index is -1.15. The quantitative estimate of drug-likeness (QED) is 0.466. The first-order valence-electron chi connectivity index (χ1n) is 10.8. The highest BCUT2D eigenvalue weighted by Gasteiger charge is 2.23. The number of aromatic nitrogens is 2. The van der Waals surface area contributed by atoms with Gasteiger partial charge in [0.2, 0.25) is 0 Å². The molecule has 0 saturated heterocycles. The van der Waals surface area contributed by atoms with Crippen molar-refractivity contribution in [2.24, 2.45) is 0 Å². The predicted molar refractivity (Wildman–Crippen MR) is 122 cm³/mol. The number of hydrogen-bond donors (Lipinski definition) is 2. The first-order valence-corrected chi connectivity index (χ1v) is 11.6. The molecule has 2 heterocycles. The normalized spacial score (nSPS) is 13.9. The maximum atomic E-state index is 12.4. The Bertz CT molecular complexity index is 935. The van der Waals surface area contributed by atoms with Crippen molar-refractivity contribution in [3.8, 4) is 0 Å². The number of carbonyl (C=O) groups is 2. The van der Waals surface area contributed by atoms with Crippen LogP contribution in [0.15, 0.2) is 24.5 Å². The standard InChI is InChI=1S/C23H27Cl2N3O4/c24-17-13-26-14-18(25)21(17)22(29)28-20(23(30)31)10-12-32-11-4-3-6-16-9-8-15-5-1-2-7-19(15)27-16/h8-9,13-14,20H,1-7,10-12H2,(H,28,29)(H,30,31). The van der Waals surface area contributed by atoms with Gasteiger partial charge in [-0.3, -0.25) is 14.8 Å². The van der Waals surface area contributed by atoms with Crippen molar-refractivity contribution in [3.05, 3.63) is 57.1 Å². The fraction of sp³-hybridized carbons (Fsp3) is 0.478. The second kappa shape index (κ2) is 12.1. The molecule has 9 heteroatoms. The summed E-state index contributed by atoms with van der Waals surface area (Å²) in [7, 11) is 0. The van der Waals surface area contributed by atoms with Crippen molar-refractivity contribution < 1.29 is 19.4 Å². The molecule has 32 heavy (non-hydrogen) atoms. The molecule has 0 fully saturated rings. The van der Waals surface area contributed by atoms with E-state index in [-0.39, 0.29) is 28.6 Å². The Morgan fingerprint density at radius 1 is 1.09 bits per heavy atom. The molecule has 1 unspecified atom stereocenters. The Morgan fingerprint density at radius 3 is 2.59 bits per heavy atom. The zero-order valence-electron chi connectivity index (χ0n) is 17.8. The largest absolute Gasteiger partial charge is 0.480 e. The topological polar surface area (TPSA) is 101 Å². The summed E-state index contributed by atoms with van der Waals surface area (Å²) in [4.78, 5) is 32.5. The number of hydrogen-bond acceptors (Lipinski definition) is 5. The minimum Gasteiger partial charge on any atom is -0.480 e. The van der Waals surface area contributed by atoms with Crippen LogP contribution >= 0.6 is 23.2 Å². The third-order valence-electron chi connectivity index (χ3n) is 5.44. The number of carboxylic acids is 1. The summed E-state index contributed by atoms with van der Waals surface area (Å²) in [5.74, 6) is -1.81. The summed E-state index contributed by atoms with van der Waals surface area (Å²) >= 11 is 11.9. The zero-order chi connectivity index (χ0) is 22.9. The molecule has 3 rings (SSSR count). The summed E-state index contributed by atoms with van der Waals surface area (Å²) in [6, 6.07) is 3.22. The molecule has 2 N–H and O–H groups in total. The van der Waals surface area contributed by atoms with Crippen LogP contribution in [-0.4, -0.2) is 46.2 Å². The zero-order valence-corrected chi connectivity index (χ0v) is 19.3. The second-order valence-corrected chi connectivity index (χ2v) is 8.63. The molecule has 1 amide bonds. The predicted octanol–water partition coefficient (Wildman–Crippen LogP) is 4.27. The van der Waals surface area contributed by atoms with E-state index in [1.54, 1.807) is 0 Å². The van der Waals surface area contributed by atoms with E-state index in [0.717, 1.165) is 37.8 Å². The van der Waals surface area contributed by atoms with E-state index in [2.05, 4.69) is 22.4 Å². The first kappa shape index (κ1) is 24.4. The number of unbranched alkanes of at least 4 members (excludes halogenated alkanes) is 1. The van der Waals surface area contributed by atoms with E-state index in [9.17, 15) is 14.7 Å². The molecule has 1 atom stereocenters. The van der Waals surface area contributed by atoms with Crippen molar-refractivity contribution in [1.82, 2.24) is 15.3 Å². The van der Waals surface area contributed by atoms with Crippen LogP contribution in [0.1, 0.15) is 59.4 Å². The molecule has 0 saturated carbocycles. The number of ether oxygens (including phenoxy) is 1. The number of aryl methyl sites for hydroxylation is 3. The van der Waals surface area contributed by atoms with E-state index in [1.807, 2.05) is 0 Å². The number of halogens is 2. The van der Waals surface area contributed by atoms with Crippen LogP contribution in [0.2, 0.25) is 10.0 Å². The Hall–Kier alpha value is -2.22. The molecular weight excluding hydrogens is 453 g/mol. The van der Waals surface area contributed by atoms with Crippen LogP contribution in [0.5, 0.6) is 0 Å². The van der Waals surface area contributed by atoms with Crippen LogP contribution < -0.4 is 5.32 Å². The van der Waals surface area contributed by atoms with Gasteiger partial charge >= 0.3 is 5.97 Å². The number of aliphatic carboxylic acids is 1. The van der Waals surface area contributed by atoms with Gasteiger partial charge in [-0.15, -0.1) is 0 Å². The summed E-state index contributed by atoms with van der Waals surface area (Å²) < 4.78 is 5.58. The van der Waals surface area contributed by atoms with Gasteiger partial charge in [0.15, 0.2) is 0 Å². The molecule has 2 aromatic rings. The third kappa shape index (κ3) is 6.89. The van der Waals surface area contributed by atoms with Crippen molar-refractivity contribution in [1.29, 1.82) is 0 Å². The van der Waals surface area contributed by atoms with Gasteiger partial charge in [0.25, 0.3) is 5.91 Å². The first-order chi connectivity index (χ1) is 15.5. The Labute approximate surface area is 197 Å². The summed E-state index contributed by atoms with van der Waals surface area (Å²) in [5.41, 5.74) is 3.76. The summed E-state index contributed by atoms with van der Waals surface area (Å²) in [6.45, 7) is 0.736. The van der Waals surface area contributed by atoms with Crippen LogP contribution in [0.25, 0.3) is 0 Å². The number of carbonyl (C=O) groups excluding carboxylic acids is 1. The van der Waals surface area contributed by atoms with Gasteiger partial charge in [-0.1, -0.05) is 29.3 Å². The maximum absolute atomic E-state index is 12.4. The number of nitrogens with one attached hydrogen (secondary N) is 1. The van der Waals surface area contributed by atoms with Gasteiger partial charge in [-0.05, 0) is 56.6 Å². The van der Waals surface area contributed by atoms with E-state index in [0.29, 0.717) is 6.61 Å². The lowest BCUT2D eigenvalue weighted by atomic mass is 9.95. The average molecular weight is 480 g/mol. The van der Waals surface area contributed by atoms with Gasteiger partial charge in [0, 0.05) is 43.4 Å². The highest BCUT2D eigenvalue weighted by atomic mass is 35.5. The molecule has 1 aliphatic carbocycles. The van der Waals surface area contributed by atoms with Crippen molar-refractivity contribution >= 4 is 35.1 Å². The third-order valence-corrected chi connectivity index (χ3v) is 6.02. The van der Waals surface area contributed by atoms with Gasteiger partial charge in [0.05, 0.1) is 15.6 Å². The van der Waals surface area contributed by atoms with E-state index >= 15 is 0 Å². The smallest absolute Gasteiger partial charge is 0.326 e. The Morgan fingerprint density at radius 2 is 1.84 bits per heavy atom. The fourth-order valence-corrected chi connectivity index (χ4v) is 4.23. The number of carboxylic acid groups (broad SMARTS) is 1. The van der Waals surface area contributed by atoms with Crippen molar-refractivity contribution in [2.75, 3.05) is 13.2 Å². The number of rotatable bonds is 11. The van der Waals surface area contributed by atoms with E-state index in [1.165, 1.54) is 36.5 Å². The molecule has 0 bridgehead atoms. The Balaban J connectivity index is 1.36. The van der Waals surface area contributed by atoms with Gasteiger partial charge in [-0.2, -0.15) is 0 Å². The minimum absolute atomic E-state index is 0.00582. The molecule has 172 valence electrons. The molecule has 2 aromatic heterocycles. The Kier molecular flexibility index (Phi) is 9.26. The number of fused-ring (bicyclic) bond motifs is 1. The van der Waals surface area contributed by atoms with Crippen LogP contribution in [0, 0.1) is 0 Å². The van der Waals surface area contributed by atoms with Crippen LogP contribution in [-0.2, 0) is 28.8 Å². The molecule has 0 aliphatic heterocycles. The second-order valence-electron chi connectivity index (χ2n) is 7.82. The highest BCUT2D eigenvalue weighted by molar-refractivity contribution is 6.39. The maximum Gasteiger partial charge on any atom is 0.326 e.